The van der Waals surface area contributed by atoms with Crippen molar-refractivity contribution < 1.29 is 18.3 Å². The lowest BCUT2D eigenvalue weighted by molar-refractivity contribution is -0.112. The highest BCUT2D eigenvalue weighted by Crippen LogP contribution is 2.77. The van der Waals surface area contributed by atoms with E-state index in [9.17, 15) is 0 Å². The molecule has 4 aliphatic rings. The molecule has 0 saturated heterocycles. The summed E-state index contributed by atoms with van der Waals surface area (Å²) < 4.78 is 25.2. The van der Waals surface area contributed by atoms with Crippen molar-refractivity contribution in [2.45, 2.75) is 174 Å². The highest BCUT2D eigenvalue weighted by molar-refractivity contribution is 6.74. The van der Waals surface area contributed by atoms with E-state index in [2.05, 4.69) is 113 Å². The Labute approximate surface area is 292 Å². The first-order chi connectivity index (χ1) is 21.5. The minimum absolute atomic E-state index is 0.0271. The van der Waals surface area contributed by atoms with Crippen LogP contribution in [0.5, 0.6) is 0 Å². The summed E-state index contributed by atoms with van der Waals surface area (Å²) in [6.45, 7) is 35.6. The third kappa shape index (κ3) is 8.25. The molecule has 0 unspecified atom stereocenters. The lowest BCUT2D eigenvalue weighted by Gasteiger charge is -2.45. The van der Waals surface area contributed by atoms with Gasteiger partial charge in [-0.05, 0) is 135 Å². The molecule has 4 saturated carbocycles. The third-order valence-corrected chi connectivity index (χ3v) is 22.8. The molecule has 6 atom stereocenters. The normalized spacial score (nSPS) is 34.2. The molecule has 0 radical (unpaired) electrons. The van der Waals surface area contributed by atoms with Gasteiger partial charge in [0.25, 0.3) is 0 Å². The van der Waals surface area contributed by atoms with Crippen LogP contribution in [0.1, 0.15) is 120 Å². The molecular weight excluding hydrogens is 613 g/mol. The maximum atomic E-state index is 7.11. The molecule has 0 heterocycles. The Bertz CT molecular complexity index is 1230. The standard InChI is InChI=1S/C41H72O4Si2/c1-30-32(26-34(44-46(12,13)37(2,3)4)27-36(30)45-47(14,15)38(5,6)7)21-20-31-18-16-24-40(10)35(31)22-25-41(40)28-33(41)19-17-23-39(8,9)43-29-42-11/h17,19-21,33-36H,1,16,18,22-29H2,2-15H3/b19-17+,31-20+,32-21-/t33-,34-,35+,36+,40+,41+/m1/s1. The Morgan fingerprint density at radius 2 is 1.55 bits per heavy atom. The Morgan fingerprint density at radius 3 is 2.17 bits per heavy atom. The predicted molar refractivity (Wildman–Crippen MR) is 205 cm³/mol. The van der Waals surface area contributed by atoms with Gasteiger partial charge >= 0.3 is 0 Å². The van der Waals surface area contributed by atoms with E-state index in [1.807, 2.05) is 0 Å². The summed E-state index contributed by atoms with van der Waals surface area (Å²) in [6, 6.07) is 0. The number of allylic oxidation sites excluding steroid dienone is 4. The lowest BCUT2D eigenvalue weighted by Crippen LogP contribution is -2.49. The number of hydrogen-bond acceptors (Lipinski definition) is 4. The molecule has 0 amide bonds. The smallest absolute Gasteiger partial charge is 0.192 e. The summed E-state index contributed by atoms with van der Waals surface area (Å²) in [5.41, 5.74) is 4.87. The van der Waals surface area contributed by atoms with Crippen LogP contribution in [0.15, 0.2) is 47.6 Å². The van der Waals surface area contributed by atoms with Crippen molar-refractivity contribution >= 4 is 16.6 Å². The number of rotatable bonds is 11. The Balaban J connectivity index is 1.55. The maximum Gasteiger partial charge on any atom is 0.192 e. The molecule has 4 nitrogen and oxygen atoms in total. The molecule has 47 heavy (non-hydrogen) atoms. The monoisotopic (exact) mass is 684 g/mol. The van der Waals surface area contributed by atoms with Crippen molar-refractivity contribution in [1.82, 2.24) is 0 Å². The minimum atomic E-state index is -1.98. The maximum absolute atomic E-state index is 7.11. The van der Waals surface area contributed by atoms with Crippen LogP contribution in [-0.4, -0.2) is 48.3 Å². The van der Waals surface area contributed by atoms with E-state index in [1.165, 1.54) is 49.7 Å². The average molecular weight is 685 g/mol. The van der Waals surface area contributed by atoms with Crippen LogP contribution in [-0.2, 0) is 18.3 Å². The molecule has 268 valence electrons. The number of ether oxygens (including phenoxy) is 2. The van der Waals surface area contributed by atoms with Crippen LogP contribution in [0, 0.1) is 22.7 Å². The third-order valence-electron chi connectivity index (χ3n) is 13.8. The van der Waals surface area contributed by atoms with Gasteiger partial charge in [0.15, 0.2) is 16.6 Å². The first-order valence-corrected chi connectivity index (χ1v) is 24.5. The van der Waals surface area contributed by atoms with Crippen LogP contribution < -0.4 is 0 Å². The minimum Gasteiger partial charge on any atom is -0.413 e. The molecule has 0 bridgehead atoms. The highest BCUT2D eigenvalue weighted by atomic mass is 28.4. The van der Waals surface area contributed by atoms with Crippen molar-refractivity contribution in [2.75, 3.05) is 13.9 Å². The molecule has 1 spiro atoms. The SMILES string of the molecule is C=C1/C(=C\C=C2/CCC[C@@]3(C)[C@H]2CC[C@@]32C[C@H]2/C=C/CC(C)(C)OCOC)C[C@@H](O[Si](C)(C)C(C)(C)C)C[C@@H]1O[Si](C)(C)C(C)(C)C. The fraction of sp³-hybridized carbons (Fsp3) is 0.805. The Morgan fingerprint density at radius 1 is 0.915 bits per heavy atom. The summed E-state index contributed by atoms with van der Waals surface area (Å²) in [5, 5.41) is 0.332. The highest BCUT2D eigenvalue weighted by Gasteiger charge is 2.69. The fourth-order valence-corrected chi connectivity index (χ4v) is 11.2. The quantitative estimate of drug-likeness (QED) is 0.123. The van der Waals surface area contributed by atoms with E-state index in [0.717, 1.165) is 19.3 Å². The van der Waals surface area contributed by atoms with Crippen LogP contribution in [0.4, 0.5) is 0 Å². The molecule has 4 fully saturated rings. The van der Waals surface area contributed by atoms with Gasteiger partial charge in [-0.3, -0.25) is 0 Å². The second-order valence-electron chi connectivity index (χ2n) is 19.5. The zero-order valence-corrected chi connectivity index (χ0v) is 35.0. The largest absolute Gasteiger partial charge is 0.413 e. The van der Waals surface area contributed by atoms with E-state index in [1.54, 1.807) is 12.7 Å². The van der Waals surface area contributed by atoms with Crippen LogP contribution in [0.3, 0.4) is 0 Å². The first kappa shape index (κ1) is 39.0. The first-order valence-electron chi connectivity index (χ1n) is 18.7. The summed E-state index contributed by atoms with van der Waals surface area (Å²) in [4.78, 5) is 0. The van der Waals surface area contributed by atoms with E-state index in [-0.39, 0.29) is 27.9 Å². The summed E-state index contributed by atoms with van der Waals surface area (Å²) in [7, 11) is -2.22. The van der Waals surface area contributed by atoms with Crippen molar-refractivity contribution in [1.29, 1.82) is 0 Å². The second kappa shape index (κ2) is 13.7. The second-order valence-corrected chi connectivity index (χ2v) is 29.1. The van der Waals surface area contributed by atoms with Crippen molar-refractivity contribution in [3.05, 3.63) is 47.6 Å². The van der Waals surface area contributed by atoms with Gasteiger partial charge in [-0.2, -0.15) is 0 Å². The van der Waals surface area contributed by atoms with Crippen LogP contribution >= 0.6 is 0 Å². The van der Waals surface area contributed by atoms with E-state index in [0.29, 0.717) is 29.5 Å². The van der Waals surface area contributed by atoms with Crippen LogP contribution in [0.25, 0.3) is 0 Å². The lowest BCUT2D eigenvalue weighted by atomic mass is 9.61. The number of hydrogen-bond donors (Lipinski definition) is 0. The molecule has 0 aromatic carbocycles. The van der Waals surface area contributed by atoms with Gasteiger partial charge in [0.1, 0.15) is 6.79 Å². The Kier molecular flexibility index (Phi) is 11.4. The van der Waals surface area contributed by atoms with Gasteiger partial charge in [0.2, 0.25) is 0 Å². The van der Waals surface area contributed by atoms with E-state index >= 15 is 0 Å². The Hall–Kier alpha value is -0.766. The van der Waals surface area contributed by atoms with Gasteiger partial charge in [0, 0.05) is 13.5 Å². The van der Waals surface area contributed by atoms with Gasteiger partial charge in [-0.25, -0.2) is 0 Å². The van der Waals surface area contributed by atoms with Crippen LogP contribution in [0.2, 0.25) is 36.3 Å². The molecule has 0 aromatic heterocycles. The molecule has 0 aromatic rings. The zero-order valence-electron chi connectivity index (χ0n) is 33.0. The molecule has 4 aliphatic carbocycles. The average Bonchev–Trinajstić information content (AvgIpc) is 3.56. The molecular formula is C41H72O4Si2. The topological polar surface area (TPSA) is 36.9 Å². The summed E-state index contributed by atoms with van der Waals surface area (Å²) in [5.74, 6) is 1.39. The molecule has 0 aliphatic heterocycles. The predicted octanol–water partition coefficient (Wildman–Crippen LogP) is 11.9. The van der Waals surface area contributed by atoms with Crippen molar-refractivity contribution in [3.63, 3.8) is 0 Å². The summed E-state index contributed by atoms with van der Waals surface area (Å²) in [6.07, 6.45) is 20.8. The number of fused-ring (bicyclic) bond motifs is 2. The van der Waals surface area contributed by atoms with Gasteiger partial charge in [-0.15, -0.1) is 0 Å². The van der Waals surface area contributed by atoms with Crippen molar-refractivity contribution in [2.24, 2.45) is 22.7 Å². The van der Waals surface area contributed by atoms with Crippen molar-refractivity contribution in [3.8, 4) is 0 Å². The van der Waals surface area contributed by atoms with Gasteiger partial charge in [-0.1, -0.05) is 84.9 Å². The molecule has 0 N–H and O–H groups in total. The van der Waals surface area contributed by atoms with E-state index < -0.39 is 16.6 Å². The molecule has 6 heteroatoms. The zero-order chi connectivity index (χ0) is 35.3. The molecule has 4 rings (SSSR count). The van der Waals surface area contributed by atoms with Gasteiger partial charge < -0.3 is 18.3 Å². The van der Waals surface area contributed by atoms with E-state index in [4.69, 9.17) is 24.9 Å². The van der Waals surface area contributed by atoms with Gasteiger partial charge in [0.05, 0.1) is 17.8 Å². The number of methoxy groups -OCH3 is 1. The fourth-order valence-electron chi connectivity index (χ4n) is 8.49. The summed E-state index contributed by atoms with van der Waals surface area (Å²) >= 11 is 0.